The lowest BCUT2D eigenvalue weighted by atomic mass is 10.1. The van der Waals surface area contributed by atoms with Crippen LogP contribution in [0.2, 0.25) is 0 Å². The Balaban J connectivity index is 2.02. The predicted molar refractivity (Wildman–Crippen MR) is 93.2 cm³/mol. The molecular weight excluding hydrogens is 367 g/mol. The Kier molecular flexibility index (Phi) is 7.66. The summed E-state index contributed by atoms with van der Waals surface area (Å²) in [5.41, 5.74) is 0.0216. The highest BCUT2D eigenvalue weighted by Crippen LogP contribution is 2.35. The van der Waals surface area contributed by atoms with Crippen molar-refractivity contribution in [3.63, 3.8) is 0 Å². The molecule has 7 nitrogen and oxygen atoms in total. The van der Waals surface area contributed by atoms with Crippen LogP contribution in [0.15, 0.2) is 12.1 Å². The topological polar surface area (TPSA) is 76.9 Å². The third-order valence-corrected chi connectivity index (χ3v) is 4.32. The van der Waals surface area contributed by atoms with E-state index < -0.39 is 17.7 Å². The minimum Gasteiger partial charge on any atom is -0.493 e. The van der Waals surface area contributed by atoms with Gasteiger partial charge in [-0.1, -0.05) is 6.42 Å². The maximum Gasteiger partial charge on any atom is 0.422 e. The lowest BCUT2D eigenvalue weighted by Crippen LogP contribution is -2.35. The molecule has 1 fully saturated rings. The molecule has 0 atom stereocenters. The first kappa shape index (κ1) is 21.2. The molecule has 1 heterocycles. The van der Waals surface area contributed by atoms with E-state index in [2.05, 4.69) is 15.0 Å². The van der Waals surface area contributed by atoms with Gasteiger partial charge < -0.3 is 19.7 Å². The standard InChI is InChI=1S/C17H24F3N3O4/c1-26-15-9-13(11-21-5-8-22-6-3-2-4-7-22)14(23(24)25)10-16(15)27-12-17(18,19)20/h9-10,21H,2-8,11-12H2,1H3. The van der Waals surface area contributed by atoms with Gasteiger partial charge in [0.25, 0.3) is 5.69 Å². The van der Waals surface area contributed by atoms with Crippen LogP contribution in [0.4, 0.5) is 18.9 Å². The molecule has 0 saturated carbocycles. The average molecular weight is 391 g/mol. The molecule has 0 amide bonds. The molecule has 1 aromatic rings. The Morgan fingerprint density at radius 1 is 1.22 bits per heavy atom. The van der Waals surface area contributed by atoms with Crippen molar-refractivity contribution in [3.05, 3.63) is 27.8 Å². The van der Waals surface area contributed by atoms with Gasteiger partial charge in [0.05, 0.1) is 18.1 Å². The number of hydrogen-bond donors (Lipinski definition) is 1. The molecule has 1 saturated heterocycles. The lowest BCUT2D eigenvalue weighted by molar-refractivity contribution is -0.385. The predicted octanol–water partition coefficient (Wildman–Crippen LogP) is 3.12. The number of benzene rings is 1. The van der Waals surface area contributed by atoms with E-state index in [-0.39, 0.29) is 23.7 Å². The number of nitrogens with one attached hydrogen (secondary N) is 1. The van der Waals surface area contributed by atoms with E-state index in [1.54, 1.807) is 0 Å². The number of halogens is 3. The molecule has 1 N–H and O–H groups in total. The highest BCUT2D eigenvalue weighted by Gasteiger charge is 2.30. The zero-order valence-electron chi connectivity index (χ0n) is 15.2. The molecular formula is C17H24F3N3O4. The monoisotopic (exact) mass is 391 g/mol. The fraction of sp³-hybridized carbons (Fsp3) is 0.647. The molecule has 0 spiro atoms. The van der Waals surface area contributed by atoms with Gasteiger partial charge in [-0.25, -0.2) is 0 Å². The van der Waals surface area contributed by atoms with Gasteiger partial charge in [-0.3, -0.25) is 10.1 Å². The van der Waals surface area contributed by atoms with E-state index in [0.717, 1.165) is 25.7 Å². The van der Waals surface area contributed by atoms with Crippen LogP contribution in [-0.4, -0.2) is 55.9 Å². The molecule has 10 heteroatoms. The quantitative estimate of drug-likeness (QED) is 0.396. The SMILES string of the molecule is COc1cc(CNCCN2CCCCC2)c([N+](=O)[O-])cc1OCC(F)(F)F. The fourth-order valence-corrected chi connectivity index (χ4v) is 2.98. The van der Waals surface area contributed by atoms with Crippen molar-refractivity contribution in [3.8, 4) is 11.5 Å². The van der Waals surface area contributed by atoms with Gasteiger partial charge in [-0.2, -0.15) is 13.2 Å². The highest BCUT2D eigenvalue weighted by atomic mass is 19.4. The number of nitro benzene ring substituents is 1. The van der Waals surface area contributed by atoms with Crippen LogP contribution in [-0.2, 0) is 6.54 Å². The van der Waals surface area contributed by atoms with Gasteiger partial charge in [-0.15, -0.1) is 0 Å². The summed E-state index contributed by atoms with van der Waals surface area (Å²) in [7, 11) is 1.27. The summed E-state index contributed by atoms with van der Waals surface area (Å²) in [5, 5.41) is 14.5. The maximum absolute atomic E-state index is 12.4. The number of ether oxygens (including phenoxy) is 2. The van der Waals surface area contributed by atoms with Crippen molar-refractivity contribution in [2.45, 2.75) is 32.0 Å². The number of nitrogens with zero attached hydrogens (tertiary/aromatic N) is 2. The first-order valence-electron chi connectivity index (χ1n) is 8.78. The molecule has 1 aromatic carbocycles. The zero-order chi connectivity index (χ0) is 19.9. The molecule has 1 aliphatic heterocycles. The van der Waals surface area contributed by atoms with Crippen LogP contribution < -0.4 is 14.8 Å². The second-order valence-electron chi connectivity index (χ2n) is 6.37. The summed E-state index contributed by atoms with van der Waals surface area (Å²) in [4.78, 5) is 13.0. The van der Waals surface area contributed by atoms with Crippen molar-refractivity contribution in [2.75, 3.05) is 39.9 Å². The van der Waals surface area contributed by atoms with Gasteiger partial charge in [0, 0.05) is 25.2 Å². The Hall–Kier alpha value is -2.07. The smallest absolute Gasteiger partial charge is 0.422 e. The van der Waals surface area contributed by atoms with Gasteiger partial charge >= 0.3 is 6.18 Å². The number of methoxy groups -OCH3 is 1. The minimum atomic E-state index is -4.55. The number of hydrogen-bond acceptors (Lipinski definition) is 6. The minimum absolute atomic E-state index is 0.0256. The highest BCUT2D eigenvalue weighted by molar-refractivity contribution is 5.54. The summed E-state index contributed by atoms with van der Waals surface area (Å²) < 4.78 is 46.8. The number of rotatable bonds is 9. The van der Waals surface area contributed by atoms with Crippen LogP contribution in [0.25, 0.3) is 0 Å². The molecule has 2 rings (SSSR count). The third-order valence-electron chi connectivity index (χ3n) is 4.32. The molecule has 0 aromatic heterocycles. The van der Waals surface area contributed by atoms with Gasteiger partial charge in [-0.05, 0) is 32.0 Å². The largest absolute Gasteiger partial charge is 0.493 e. The second kappa shape index (κ2) is 9.75. The molecule has 152 valence electrons. The van der Waals surface area contributed by atoms with E-state index >= 15 is 0 Å². The van der Waals surface area contributed by atoms with E-state index in [1.165, 1.54) is 32.4 Å². The van der Waals surface area contributed by atoms with Gasteiger partial charge in [0.15, 0.2) is 18.1 Å². The van der Waals surface area contributed by atoms with Gasteiger partial charge in [0.2, 0.25) is 0 Å². The molecule has 0 unspecified atom stereocenters. The molecule has 0 radical (unpaired) electrons. The number of likely N-dealkylation sites (tertiary alicyclic amines) is 1. The van der Waals surface area contributed by atoms with Crippen LogP contribution in [0.1, 0.15) is 24.8 Å². The molecule has 0 bridgehead atoms. The van der Waals surface area contributed by atoms with Crippen molar-refractivity contribution in [1.29, 1.82) is 0 Å². The van der Waals surface area contributed by atoms with Crippen LogP contribution in [0, 0.1) is 10.1 Å². The lowest BCUT2D eigenvalue weighted by Gasteiger charge is -2.26. The summed E-state index contributed by atoms with van der Waals surface area (Å²) >= 11 is 0. The zero-order valence-corrected chi connectivity index (χ0v) is 15.2. The van der Waals surface area contributed by atoms with E-state index in [0.29, 0.717) is 12.1 Å². The Bertz CT molecular complexity index is 635. The van der Waals surface area contributed by atoms with E-state index in [1.807, 2.05) is 0 Å². The fourth-order valence-electron chi connectivity index (χ4n) is 2.98. The Morgan fingerprint density at radius 2 is 1.93 bits per heavy atom. The van der Waals surface area contributed by atoms with Crippen molar-refractivity contribution >= 4 is 5.69 Å². The summed E-state index contributed by atoms with van der Waals surface area (Å²) in [6.07, 6.45) is -0.933. The molecule has 1 aliphatic rings. The summed E-state index contributed by atoms with van der Waals surface area (Å²) in [6.45, 7) is 2.28. The number of alkyl halides is 3. The van der Waals surface area contributed by atoms with Crippen LogP contribution in [0.5, 0.6) is 11.5 Å². The first-order valence-corrected chi connectivity index (χ1v) is 8.78. The molecule has 0 aliphatic carbocycles. The second-order valence-corrected chi connectivity index (χ2v) is 6.37. The molecule has 27 heavy (non-hydrogen) atoms. The van der Waals surface area contributed by atoms with Crippen LogP contribution >= 0.6 is 0 Å². The van der Waals surface area contributed by atoms with E-state index in [4.69, 9.17) is 4.74 Å². The summed E-state index contributed by atoms with van der Waals surface area (Å²) in [6, 6.07) is 2.32. The first-order chi connectivity index (χ1) is 12.8. The van der Waals surface area contributed by atoms with Crippen molar-refractivity contribution in [1.82, 2.24) is 10.2 Å². The van der Waals surface area contributed by atoms with Crippen molar-refractivity contribution < 1.29 is 27.6 Å². The Morgan fingerprint density at radius 3 is 2.52 bits per heavy atom. The average Bonchev–Trinajstić information content (AvgIpc) is 2.63. The third kappa shape index (κ3) is 6.87. The van der Waals surface area contributed by atoms with E-state index in [9.17, 15) is 23.3 Å². The van der Waals surface area contributed by atoms with Gasteiger partial charge in [0.1, 0.15) is 0 Å². The summed E-state index contributed by atoms with van der Waals surface area (Å²) in [5.74, 6) is -0.281. The number of nitro groups is 1. The Labute approximate surface area is 155 Å². The number of piperidine rings is 1. The van der Waals surface area contributed by atoms with Crippen molar-refractivity contribution in [2.24, 2.45) is 0 Å². The maximum atomic E-state index is 12.4. The van der Waals surface area contributed by atoms with Crippen LogP contribution in [0.3, 0.4) is 0 Å². The normalized spacial score (nSPS) is 15.6.